The molecule has 0 aliphatic carbocycles. The van der Waals surface area contributed by atoms with Crippen molar-refractivity contribution in [1.29, 1.82) is 0 Å². The second-order valence-electron chi connectivity index (χ2n) is 30.6. The largest absolute Gasteiger partial charge is 0.456 e. The van der Waals surface area contributed by atoms with Gasteiger partial charge in [0.25, 0.3) is 0 Å². The number of nitrogens with zero attached hydrogens (tertiary/aromatic N) is 1. The van der Waals surface area contributed by atoms with Crippen LogP contribution in [0.25, 0.3) is 253 Å². The Bertz CT molecular complexity index is 10800. The maximum absolute atomic E-state index is 9.31. The SMILES string of the molecule is [2H]c1c([2H])c(-c2c3ccccc3c(-c3ccccc3)c3ccccc23)c([2H])c([2H])c1-c1c([2H])c([2H])c2oc3ccccc3c2c1[2H].[2H]c1c([2H])c([2H])c(-c2c3c([2H])c([2H])c([2H])c([2H])c3c(-c3ccc(-c4c([2H])c([2H])c5oc6c([2H])c([2H])c([2H])c([2H])c6c5c4-c4ccccn4)cc3)c3c([2H])c([2H])c([2H])c([2H])c23)c([2H])c1[2H].[2H]c1c([2H])c([2H])c2c(-c3ccc(-c4ccc5oc6ccccc6c5c4-c4ccccc4)cc3)c3c([2H])c([2H])c([2H])c([2H])c3c(-c3ccccc3)c2c1[2H]. The zero-order valence-corrected chi connectivity index (χ0v) is 67.7. The highest BCUT2D eigenvalue weighted by atomic mass is 16.3. The van der Waals surface area contributed by atoms with Crippen molar-refractivity contribution in [2.45, 2.75) is 0 Å². The Labute approximate surface area is 793 Å². The second kappa shape index (κ2) is 32.2. The van der Waals surface area contributed by atoms with Gasteiger partial charge in [0.05, 0.1) is 52.3 Å². The van der Waals surface area contributed by atoms with Crippen LogP contribution >= 0.6 is 0 Å². The topological polar surface area (TPSA) is 52.3 Å². The van der Waals surface area contributed by atoms with Gasteiger partial charge in [-0.25, -0.2) is 0 Å². The van der Waals surface area contributed by atoms with Gasteiger partial charge in [-0.3, -0.25) is 4.98 Å². The van der Waals surface area contributed by atoms with E-state index in [0.717, 1.165) is 76.9 Å². The van der Waals surface area contributed by atoms with Crippen molar-refractivity contribution in [3.63, 3.8) is 0 Å². The van der Waals surface area contributed by atoms with Gasteiger partial charge < -0.3 is 13.3 Å². The zero-order valence-electron chi connectivity index (χ0n) is 102. The van der Waals surface area contributed by atoms with Crippen LogP contribution in [0.3, 0.4) is 0 Å². The molecule has 0 atom stereocenters. The van der Waals surface area contributed by atoms with Crippen molar-refractivity contribution in [2.24, 2.45) is 0 Å². The molecule has 0 unspecified atom stereocenters. The number of para-hydroxylation sites is 3. The first kappa shape index (κ1) is 48.3. The molecule has 26 aromatic rings. The highest BCUT2D eigenvalue weighted by molar-refractivity contribution is 6.26. The molecular formula is C125H79NO3. The van der Waals surface area contributed by atoms with E-state index < -0.39 is 144 Å². The fraction of sp³-hybridized carbons (Fsp3) is 0. The minimum Gasteiger partial charge on any atom is -0.456 e. The van der Waals surface area contributed by atoms with E-state index in [1.54, 1.807) is 66.7 Å². The van der Waals surface area contributed by atoms with Crippen LogP contribution in [0.15, 0.2) is 492 Å². The summed E-state index contributed by atoms with van der Waals surface area (Å²) in [6.07, 6.45) is 1.48. The summed E-state index contributed by atoms with van der Waals surface area (Å²) in [4.78, 5) is 4.51. The number of rotatable bonds is 11. The summed E-state index contributed by atoms with van der Waals surface area (Å²) in [6.45, 7) is 0. The standard InChI is InChI=1S/C44H28O.C43H27NO.C38H24O/c1-3-13-30(14-4-1)41-34-17-7-9-19-36(34)42(37-20-10-8-18-35(37)41)32-25-23-29(24-26-32)33-27-28-40-44(38-21-11-12-22-39(38)45-40)43(33)31-15-5-2-6-16-31;1-2-12-29(13-3-1)40-32-14-4-6-16-34(32)41(35-17-7-5-15-33(35)40)30-23-21-28(22-24-30)31-25-26-39-43(36-18-8-9-20-38(36)45-39)42(31)37-19-10-11-27-44-37;1-2-10-26(11-3-1)37-30-13-4-6-15-32(30)38(33-16-7-5-14-31(33)37)27-20-18-25(19-21-27)28-22-23-36-34(24-28)29-12-8-9-17-35(29)39-36/h1-28H;1-27H;1-24H/i7D,8D,9D,10D,17D,18D,19D,20D;1D,2D,3D,4D,5D,6D,7D,8D,9D,12D,13D,14D,15D,16D,17D,18D,20D,25D,26D;18D,19D,20D,21D,22D,23D,24D. The lowest BCUT2D eigenvalue weighted by Gasteiger charge is -2.18. The maximum atomic E-state index is 9.31. The molecule has 0 amide bonds. The molecule has 22 aromatic carbocycles. The molecule has 0 aliphatic rings. The molecule has 602 valence electrons. The molecule has 0 saturated carbocycles. The Kier molecular flexibility index (Phi) is 12.1. The van der Waals surface area contributed by atoms with Gasteiger partial charge in [-0.1, -0.05) is 412 Å². The molecule has 4 heteroatoms. The summed E-state index contributed by atoms with van der Waals surface area (Å²) in [5, 5.41) is 5.85. The Hall–Kier alpha value is -17.1. The third-order valence-electron chi connectivity index (χ3n) is 23.4. The predicted octanol–water partition coefficient (Wildman–Crippen LogP) is 35.4. The van der Waals surface area contributed by atoms with Crippen molar-refractivity contribution in [3.8, 4) is 123 Å². The summed E-state index contributed by atoms with van der Waals surface area (Å²) in [5.41, 5.74) is 9.77. The fourth-order valence-corrected chi connectivity index (χ4v) is 17.9. The lowest BCUT2D eigenvalue weighted by atomic mass is 9.85. The number of benzene rings is 22. The number of fused-ring (bicyclic) bond motifs is 15. The van der Waals surface area contributed by atoms with Crippen LogP contribution in [-0.4, -0.2) is 4.98 Å². The molecule has 26 rings (SSSR count). The van der Waals surface area contributed by atoms with E-state index in [2.05, 4.69) is 35.3 Å². The Balaban J connectivity index is 0.000000129. The lowest BCUT2D eigenvalue weighted by Crippen LogP contribution is -1.91. The average molecular weight is 1680 g/mol. The van der Waals surface area contributed by atoms with Gasteiger partial charge in [-0.2, -0.15) is 0 Å². The van der Waals surface area contributed by atoms with E-state index in [0.29, 0.717) is 44.2 Å². The van der Waals surface area contributed by atoms with E-state index >= 15 is 0 Å². The van der Waals surface area contributed by atoms with E-state index in [9.17, 15) is 15.1 Å². The van der Waals surface area contributed by atoms with Crippen molar-refractivity contribution in [2.75, 3.05) is 0 Å². The number of furan rings is 3. The molecule has 4 aromatic heterocycles. The first-order chi connectivity index (χ1) is 78.2. The third-order valence-corrected chi connectivity index (χ3v) is 23.4. The summed E-state index contributed by atoms with van der Waals surface area (Å²) < 4.78 is 320. The van der Waals surface area contributed by atoms with Gasteiger partial charge in [0, 0.05) is 49.6 Å². The minimum atomic E-state index is -0.782. The van der Waals surface area contributed by atoms with Crippen LogP contribution < -0.4 is 0 Å². The van der Waals surface area contributed by atoms with Crippen LogP contribution in [0.5, 0.6) is 0 Å². The average Bonchev–Trinajstić information content (AvgIpc) is 1.51. The monoisotopic (exact) mass is 1680 g/mol. The summed E-state index contributed by atoms with van der Waals surface area (Å²) in [5.74, 6) is 0. The van der Waals surface area contributed by atoms with Crippen LogP contribution in [-0.2, 0) is 0 Å². The molecule has 0 radical (unpaired) electrons. The summed E-state index contributed by atoms with van der Waals surface area (Å²) in [7, 11) is 0. The quantitative estimate of drug-likeness (QED) is 0.121. The molecule has 4 nitrogen and oxygen atoms in total. The number of hydrogen-bond acceptors (Lipinski definition) is 4. The Morgan fingerprint density at radius 2 is 0.504 bits per heavy atom. The number of aromatic nitrogens is 1. The molecule has 0 saturated heterocycles. The van der Waals surface area contributed by atoms with Crippen molar-refractivity contribution in [1.82, 2.24) is 4.98 Å². The molecule has 0 aliphatic heterocycles. The highest BCUT2D eigenvalue weighted by Gasteiger charge is 2.25. The maximum Gasteiger partial charge on any atom is 0.136 e. The Morgan fingerprint density at radius 1 is 0.163 bits per heavy atom. The summed E-state index contributed by atoms with van der Waals surface area (Å²) in [6, 6.07) is 65.1. The lowest BCUT2D eigenvalue weighted by molar-refractivity contribution is 0.668. The normalized spacial score (nSPS) is 15.3. The van der Waals surface area contributed by atoms with Crippen LogP contribution in [0, 0.1) is 0 Å². The van der Waals surface area contributed by atoms with E-state index in [-0.39, 0.29) is 193 Å². The van der Waals surface area contributed by atoms with Crippen molar-refractivity contribution >= 4 is 130 Å². The Morgan fingerprint density at radius 3 is 1.02 bits per heavy atom. The van der Waals surface area contributed by atoms with Crippen molar-refractivity contribution in [3.05, 3.63) is 479 Å². The number of hydrogen-bond donors (Lipinski definition) is 0. The predicted molar refractivity (Wildman–Crippen MR) is 544 cm³/mol. The highest BCUT2D eigenvalue weighted by Crippen LogP contribution is 2.51. The first-order valence-corrected chi connectivity index (χ1v) is 41.3. The molecular weight excluding hydrogens is 1560 g/mol. The first-order valence-electron chi connectivity index (χ1n) is 58.3. The minimum absolute atomic E-state index is 0.0339. The van der Waals surface area contributed by atoms with E-state index in [4.69, 9.17) is 44.8 Å². The molecule has 0 fully saturated rings. The van der Waals surface area contributed by atoms with Crippen LogP contribution in [0.4, 0.5) is 0 Å². The molecule has 0 N–H and O–H groups in total. The van der Waals surface area contributed by atoms with Gasteiger partial charge in [0.1, 0.15) is 33.5 Å². The third kappa shape index (κ3) is 13.3. The smallest absolute Gasteiger partial charge is 0.136 e. The molecule has 0 spiro atoms. The van der Waals surface area contributed by atoms with Crippen molar-refractivity contribution < 1.29 is 59.9 Å². The molecule has 129 heavy (non-hydrogen) atoms. The summed E-state index contributed by atoms with van der Waals surface area (Å²) >= 11 is 0. The van der Waals surface area contributed by atoms with Gasteiger partial charge in [0.15, 0.2) is 0 Å². The fourth-order valence-electron chi connectivity index (χ4n) is 17.9. The van der Waals surface area contributed by atoms with Gasteiger partial charge in [-0.05, 0) is 231 Å². The van der Waals surface area contributed by atoms with Crippen LogP contribution in [0.2, 0.25) is 0 Å². The van der Waals surface area contributed by atoms with Crippen LogP contribution in [0.1, 0.15) is 46.6 Å². The van der Waals surface area contributed by atoms with Gasteiger partial charge in [0.2, 0.25) is 0 Å². The number of pyridine rings is 1. The zero-order chi connectivity index (χ0) is 115. The van der Waals surface area contributed by atoms with E-state index in [1.165, 1.54) is 30.5 Å². The second-order valence-corrected chi connectivity index (χ2v) is 30.6. The van der Waals surface area contributed by atoms with Gasteiger partial charge in [-0.15, -0.1) is 0 Å². The van der Waals surface area contributed by atoms with E-state index in [1.807, 2.05) is 146 Å². The van der Waals surface area contributed by atoms with Gasteiger partial charge >= 0.3 is 0 Å². The molecule has 4 heterocycles. The molecule has 0 bridgehead atoms.